The molecule has 0 atom stereocenters. The topological polar surface area (TPSA) is 49.6 Å². The third kappa shape index (κ3) is 4.10. The molecule has 102 valence electrons. The number of piperidine rings is 2. The Morgan fingerprint density at radius 2 is 1.78 bits per heavy atom. The minimum atomic E-state index is 0.152. The molecule has 0 radical (unpaired) electrons. The van der Waals surface area contributed by atoms with Crippen molar-refractivity contribution in [3.05, 3.63) is 12.2 Å². The largest absolute Gasteiger partial charge is 0.339 e. The summed E-state index contributed by atoms with van der Waals surface area (Å²) in [6, 6.07) is 0.284. The van der Waals surface area contributed by atoms with Crippen molar-refractivity contribution in [3.8, 4) is 0 Å². The summed E-state index contributed by atoms with van der Waals surface area (Å²) in [6.45, 7) is 4.90. The fraction of sp³-hybridized carbons (Fsp3) is 0.786. The standard InChI is InChI=1S/C14H25N3O/c15-13-6-11-17(12-7-13)14(18)5-4-10-16-8-2-1-3-9-16/h4-5,13H,1-3,6-12,15H2/b5-4+. The van der Waals surface area contributed by atoms with Gasteiger partial charge in [-0.05, 0) is 38.8 Å². The fourth-order valence-electron chi connectivity index (χ4n) is 2.67. The maximum absolute atomic E-state index is 11.9. The first-order valence-corrected chi connectivity index (χ1v) is 7.19. The SMILES string of the molecule is NC1CCN(C(=O)/C=C/CN2CCCCC2)CC1. The molecule has 4 heteroatoms. The van der Waals surface area contributed by atoms with E-state index in [1.165, 1.54) is 32.4 Å². The highest BCUT2D eigenvalue weighted by molar-refractivity contribution is 5.87. The maximum Gasteiger partial charge on any atom is 0.246 e. The predicted molar refractivity (Wildman–Crippen MR) is 73.2 cm³/mol. The lowest BCUT2D eigenvalue weighted by Crippen LogP contribution is -2.42. The van der Waals surface area contributed by atoms with Crippen LogP contribution in [0.15, 0.2) is 12.2 Å². The van der Waals surface area contributed by atoms with Crippen molar-refractivity contribution in [1.82, 2.24) is 9.80 Å². The fourth-order valence-corrected chi connectivity index (χ4v) is 2.67. The number of amides is 1. The van der Waals surface area contributed by atoms with E-state index in [0.717, 1.165) is 32.5 Å². The van der Waals surface area contributed by atoms with Crippen molar-refractivity contribution < 1.29 is 4.79 Å². The van der Waals surface area contributed by atoms with Gasteiger partial charge in [-0.1, -0.05) is 12.5 Å². The van der Waals surface area contributed by atoms with Crippen LogP contribution in [0.3, 0.4) is 0 Å². The van der Waals surface area contributed by atoms with Gasteiger partial charge in [-0.3, -0.25) is 9.69 Å². The molecule has 2 saturated heterocycles. The molecule has 2 fully saturated rings. The van der Waals surface area contributed by atoms with Crippen LogP contribution in [0.4, 0.5) is 0 Å². The Kier molecular flexibility index (Phi) is 5.20. The molecule has 0 aromatic rings. The highest BCUT2D eigenvalue weighted by atomic mass is 16.2. The van der Waals surface area contributed by atoms with Gasteiger partial charge in [0.25, 0.3) is 0 Å². The molecule has 0 aromatic heterocycles. The zero-order valence-corrected chi connectivity index (χ0v) is 11.2. The lowest BCUT2D eigenvalue weighted by atomic mass is 10.1. The zero-order chi connectivity index (χ0) is 12.8. The highest BCUT2D eigenvalue weighted by Crippen LogP contribution is 2.10. The second kappa shape index (κ2) is 6.90. The van der Waals surface area contributed by atoms with E-state index in [9.17, 15) is 4.79 Å². The molecule has 2 rings (SSSR count). The van der Waals surface area contributed by atoms with E-state index < -0.39 is 0 Å². The van der Waals surface area contributed by atoms with E-state index in [1.54, 1.807) is 6.08 Å². The molecular weight excluding hydrogens is 226 g/mol. The van der Waals surface area contributed by atoms with Crippen LogP contribution in [0, 0.1) is 0 Å². The molecule has 0 unspecified atom stereocenters. The summed E-state index contributed by atoms with van der Waals surface area (Å²) in [7, 11) is 0. The average molecular weight is 251 g/mol. The van der Waals surface area contributed by atoms with Gasteiger partial charge in [0.15, 0.2) is 0 Å². The van der Waals surface area contributed by atoms with Gasteiger partial charge in [0, 0.05) is 31.8 Å². The molecule has 18 heavy (non-hydrogen) atoms. The monoisotopic (exact) mass is 251 g/mol. The van der Waals surface area contributed by atoms with Crippen LogP contribution < -0.4 is 5.73 Å². The number of nitrogens with two attached hydrogens (primary N) is 1. The normalized spacial score (nSPS) is 23.7. The van der Waals surface area contributed by atoms with Crippen LogP contribution >= 0.6 is 0 Å². The number of carbonyl (C=O) groups excluding carboxylic acids is 1. The molecule has 0 aliphatic carbocycles. The van der Waals surface area contributed by atoms with Gasteiger partial charge < -0.3 is 10.6 Å². The van der Waals surface area contributed by atoms with Gasteiger partial charge >= 0.3 is 0 Å². The Balaban J connectivity index is 1.69. The summed E-state index contributed by atoms with van der Waals surface area (Å²) in [6.07, 6.45) is 9.58. The first-order chi connectivity index (χ1) is 8.75. The van der Waals surface area contributed by atoms with Crippen LogP contribution in [0.25, 0.3) is 0 Å². The molecule has 4 nitrogen and oxygen atoms in total. The summed E-state index contributed by atoms with van der Waals surface area (Å²) in [4.78, 5) is 16.3. The third-order valence-electron chi connectivity index (χ3n) is 3.92. The van der Waals surface area contributed by atoms with Crippen molar-refractivity contribution in [3.63, 3.8) is 0 Å². The highest BCUT2D eigenvalue weighted by Gasteiger charge is 2.18. The molecule has 0 spiro atoms. The molecule has 2 aliphatic rings. The van der Waals surface area contributed by atoms with Gasteiger partial charge in [0.1, 0.15) is 0 Å². The van der Waals surface area contributed by atoms with Gasteiger partial charge in [-0.25, -0.2) is 0 Å². The Labute approximate surface area is 110 Å². The lowest BCUT2D eigenvalue weighted by Gasteiger charge is -2.29. The average Bonchev–Trinajstić information content (AvgIpc) is 2.40. The molecule has 2 heterocycles. The second-order valence-electron chi connectivity index (χ2n) is 5.43. The van der Waals surface area contributed by atoms with Crippen molar-refractivity contribution in [2.45, 2.75) is 38.1 Å². The number of likely N-dealkylation sites (tertiary alicyclic amines) is 2. The van der Waals surface area contributed by atoms with Gasteiger partial charge in [-0.2, -0.15) is 0 Å². The maximum atomic E-state index is 11.9. The number of nitrogens with zero attached hydrogens (tertiary/aromatic N) is 2. The molecule has 2 N–H and O–H groups in total. The van der Waals surface area contributed by atoms with E-state index in [2.05, 4.69) is 4.90 Å². The number of rotatable bonds is 3. The van der Waals surface area contributed by atoms with E-state index in [4.69, 9.17) is 5.73 Å². The first-order valence-electron chi connectivity index (χ1n) is 7.19. The Morgan fingerprint density at radius 3 is 2.44 bits per heavy atom. The molecule has 0 aromatic carbocycles. The lowest BCUT2D eigenvalue weighted by molar-refractivity contribution is -0.127. The van der Waals surface area contributed by atoms with Crippen LogP contribution in [-0.4, -0.2) is 54.5 Å². The Hall–Kier alpha value is -0.870. The van der Waals surface area contributed by atoms with Gasteiger partial charge in [0.2, 0.25) is 5.91 Å². The van der Waals surface area contributed by atoms with Crippen molar-refractivity contribution in [1.29, 1.82) is 0 Å². The quantitative estimate of drug-likeness (QED) is 0.761. The summed E-state index contributed by atoms with van der Waals surface area (Å²) >= 11 is 0. The summed E-state index contributed by atoms with van der Waals surface area (Å²) in [5.41, 5.74) is 5.83. The van der Waals surface area contributed by atoms with E-state index in [-0.39, 0.29) is 11.9 Å². The minimum absolute atomic E-state index is 0.152. The molecule has 2 aliphatic heterocycles. The number of hydrogen-bond donors (Lipinski definition) is 1. The van der Waals surface area contributed by atoms with E-state index in [1.807, 2.05) is 11.0 Å². The van der Waals surface area contributed by atoms with Crippen molar-refractivity contribution in [2.75, 3.05) is 32.7 Å². The molecule has 1 amide bonds. The Bertz CT molecular complexity index is 289. The predicted octanol–water partition coefficient (Wildman–Crippen LogP) is 0.978. The zero-order valence-electron chi connectivity index (χ0n) is 11.2. The van der Waals surface area contributed by atoms with Crippen molar-refractivity contribution >= 4 is 5.91 Å². The van der Waals surface area contributed by atoms with Gasteiger partial charge in [0.05, 0.1) is 0 Å². The van der Waals surface area contributed by atoms with Crippen molar-refractivity contribution in [2.24, 2.45) is 5.73 Å². The van der Waals surface area contributed by atoms with Crippen LogP contribution in [0.1, 0.15) is 32.1 Å². The van der Waals surface area contributed by atoms with E-state index >= 15 is 0 Å². The molecule has 0 saturated carbocycles. The first kappa shape index (κ1) is 13.6. The van der Waals surface area contributed by atoms with Gasteiger partial charge in [-0.15, -0.1) is 0 Å². The van der Waals surface area contributed by atoms with E-state index in [0.29, 0.717) is 0 Å². The smallest absolute Gasteiger partial charge is 0.246 e. The summed E-state index contributed by atoms with van der Waals surface area (Å²) in [5, 5.41) is 0. The minimum Gasteiger partial charge on any atom is -0.339 e. The number of hydrogen-bond acceptors (Lipinski definition) is 3. The van der Waals surface area contributed by atoms with Crippen LogP contribution in [-0.2, 0) is 4.79 Å². The summed E-state index contributed by atoms with van der Waals surface area (Å²) in [5.74, 6) is 0.152. The molecule has 0 bridgehead atoms. The summed E-state index contributed by atoms with van der Waals surface area (Å²) < 4.78 is 0. The van der Waals surface area contributed by atoms with Crippen LogP contribution in [0.5, 0.6) is 0 Å². The van der Waals surface area contributed by atoms with Crippen LogP contribution in [0.2, 0.25) is 0 Å². The number of carbonyl (C=O) groups is 1. The third-order valence-corrected chi connectivity index (χ3v) is 3.92. The molecular formula is C14H25N3O. The second-order valence-corrected chi connectivity index (χ2v) is 5.43. The Morgan fingerprint density at radius 1 is 1.11 bits per heavy atom.